The Labute approximate surface area is 111 Å². The predicted molar refractivity (Wildman–Crippen MR) is 76.2 cm³/mol. The third kappa shape index (κ3) is 5.05. The van der Waals surface area contributed by atoms with E-state index in [2.05, 4.69) is 37.0 Å². The molecule has 1 heterocycles. The van der Waals surface area contributed by atoms with Crippen molar-refractivity contribution in [2.24, 2.45) is 11.7 Å². The van der Waals surface area contributed by atoms with Crippen LogP contribution in [0, 0.1) is 5.92 Å². The summed E-state index contributed by atoms with van der Waals surface area (Å²) in [6.45, 7) is 7.27. The zero-order valence-corrected chi connectivity index (χ0v) is 11.7. The van der Waals surface area contributed by atoms with E-state index in [1.165, 1.54) is 5.57 Å². The van der Waals surface area contributed by atoms with Crippen molar-refractivity contribution >= 4 is 5.91 Å². The van der Waals surface area contributed by atoms with Gasteiger partial charge >= 0.3 is 0 Å². The van der Waals surface area contributed by atoms with Gasteiger partial charge in [0.1, 0.15) is 0 Å². The Hall–Kier alpha value is -1.09. The van der Waals surface area contributed by atoms with Crippen LogP contribution in [0.4, 0.5) is 0 Å². The second-order valence-electron chi connectivity index (χ2n) is 4.95. The van der Waals surface area contributed by atoms with Crippen LogP contribution in [0.25, 0.3) is 0 Å². The smallest absolute Gasteiger partial charge is 0.220 e. The molecule has 3 heteroatoms. The lowest BCUT2D eigenvalue weighted by atomic mass is 9.96. The first-order valence-corrected chi connectivity index (χ1v) is 7.04. The molecule has 18 heavy (non-hydrogen) atoms. The Kier molecular flexibility index (Phi) is 6.73. The Morgan fingerprint density at radius 3 is 2.44 bits per heavy atom. The molecule has 0 aliphatic carbocycles. The SMILES string of the molecule is CC/C=C\C(=C/CC)CN1CCC(C(N)=O)CC1. The van der Waals surface area contributed by atoms with Crippen LogP contribution < -0.4 is 5.73 Å². The van der Waals surface area contributed by atoms with Gasteiger partial charge in [-0.1, -0.05) is 32.1 Å². The van der Waals surface area contributed by atoms with E-state index >= 15 is 0 Å². The molecule has 0 radical (unpaired) electrons. The quantitative estimate of drug-likeness (QED) is 0.736. The Morgan fingerprint density at radius 2 is 1.94 bits per heavy atom. The number of primary amides is 1. The highest BCUT2D eigenvalue weighted by atomic mass is 16.1. The zero-order chi connectivity index (χ0) is 13.4. The largest absolute Gasteiger partial charge is 0.369 e. The highest BCUT2D eigenvalue weighted by molar-refractivity contribution is 5.76. The molecule has 3 nitrogen and oxygen atoms in total. The minimum atomic E-state index is -0.134. The van der Waals surface area contributed by atoms with Crippen LogP contribution in [-0.2, 0) is 4.79 Å². The minimum Gasteiger partial charge on any atom is -0.369 e. The van der Waals surface area contributed by atoms with Crippen molar-refractivity contribution in [1.82, 2.24) is 4.90 Å². The number of rotatable bonds is 6. The molecule has 0 unspecified atom stereocenters. The number of carbonyl (C=O) groups is 1. The van der Waals surface area contributed by atoms with Gasteiger partial charge in [-0.05, 0) is 44.3 Å². The molecule has 0 bridgehead atoms. The second kappa shape index (κ2) is 8.09. The molecule has 1 aliphatic rings. The normalized spacial score (nSPS) is 19.6. The molecular weight excluding hydrogens is 224 g/mol. The summed E-state index contributed by atoms with van der Waals surface area (Å²) in [6, 6.07) is 0. The maximum absolute atomic E-state index is 11.1. The Morgan fingerprint density at radius 1 is 1.28 bits per heavy atom. The molecule has 1 amide bonds. The third-order valence-electron chi connectivity index (χ3n) is 3.43. The van der Waals surface area contributed by atoms with Gasteiger partial charge in [-0.3, -0.25) is 9.69 Å². The summed E-state index contributed by atoms with van der Waals surface area (Å²) in [6.07, 6.45) is 10.7. The fraction of sp³-hybridized carbons (Fsp3) is 0.667. The van der Waals surface area contributed by atoms with Gasteiger partial charge < -0.3 is 5.73 Å². The van der Waals surface area contributed by atoms with Gasteiger partial charge in [0.05, 0.1) is 0 Å². The van der Waals surface area contributed by atoms with Crippen LogP contribution in [0.2, 0.25) is 0 Å². The van der Waals surface area contributed by atoms with E-state index in [0.29, 0.717) is 0 Å². The predicted octanol–water partition coefficient (Wildman–Crippen LogP) is 2.49. The first-order chi connectivity index (χ1) is 8.67. The second-order valence-corrected chi connectivity index (χ2v) is 4.95. The maximum Gasteiger partial charge on any atom is 0.220 e. The first kappa shape index (κ1) is 15.0. The van der Waals surface area contributed by atoms with Gasteiger partial charge in [0.2, 0.25) is 5.91 Å². The fourth-order valence-corrected chi connectivity index (χ4v) is 2.35. The molecule has 0 aromatic rings. The topological polar surface area (TPSA) is 46.3 Å². The number of hydrogen-bond acceptors (Lipinski definition) is 2. The van der Waals surface area contributed by atoms with E-state index in [0.717, 1.165) is 45.3 Å². The van der Waals surface area contributed by atoms with Gasteiger partial charge in [-0.2, -0.15) is 0 Å². The average Bonchev–Trinajstić information content (AvgIpc) is 2.37. The number of nitrogens with two attached hydrogens (primary N) is 1. The summed E-state index contributed by atoms with van der Waals surface area (Å²) >= 11 is 0. The van der Waals surface area contributed by atoms with Crippen LogP contribution in [0.5, 0.6) is 0 Å². The molecule has 1 aliphatic heterocycles. The van der Waals surface area contributed by atoms with Crippen LogP contribution >= 0.6 is 0 Å². The molecule has 0 spiro atoms. The zero-order valence-electron chi connectivity index (χ0n) is 11.7. The van der Waals surface area contributed by atoms with Crippen molar-refractivity contribution < 1.29 is 4.79 Å². The van der Waals surface area contributed by atoms with Crippen LogP contribution in [0.15, 0.2) is 23.8 Å². The van der Waals surface area contributed by atoms with Gasteiger partial charge in [0.15, 0.2) is 0 Å². The van der Waals surface area contributed by atoms with E-state index in [1.54, 1.807) is 0 Å². The van der Waals surface area contributed by atoms with E-state index in [4.69, 9.17) is 5.73 Å². The Bertz CT molecular complexity index is 312. The molecule has 2 N–H and O–H groups in total. The number of carbonyl (C=O) groups excluding carboxylic acids is 1. The summed E-state index contributed by atoms with van der Waals surface area (Å²) in [5.41, 5.74) is 6.73. The van der Waals surface area contributed by atoms with Gasteiger partial charge in [-0.25, -0.2) is 0 Å². The summed E-state index contributed by atoms with van der Waals surface area (Å²) < 4.78 is 0. The van der Waals surface area contributed by atoms with Crippen molar-refractivity contribution in [3.63, 3.8) is 0 Å². The van der Waals surface area contributed by atoms with Gasteiger partial charge in [0.25, 0.3) is 0 Å². The molecule has 0 atom stereocenters. The molecule has 1 saturated heterocycles. The molecular formula is C15H26N2O. The summed E-state index contributed by atoms with van der Waals surface area (Å²) in [5.74, 6) is -0.0455. The van der Waals surface area contributed by atoms with E-state index in [1.807, 2.05) is 0 Å². The molecule has 0 saturated carbocycles. The molecule has 1 rings (SSSR count). The van der Waals surface area contributed by atoms with Gasteiger partial charge in [0, 0.05) is 12.5 Å². The molecule has 1 fully saturated rings. The van der Waals surface area contributed by atoms with Crippen molar-refractivity contribution in [2.75, 3.05) is 19.6 Å². The Balaban J connectivity index is 2.45. The van der Waals surface area contributed by atoms with Crippen molar-refractivity contribution in [3.05, 3.63) is 23.8 Å². The number of piperidine rings is 1. The van der Waals surface area contributed by atoms with E-state index < -0.39 is 0 Å². The lowest BCUT2D eigenvalue weighted by Crippen LogP contribution is -2.39. The number of allylic oxidation sites excluding steroid dienone is 2. The van der Waals surface area contributed by atoms with Gasteiger partial charge in [-0.15, -0.1) is 0 Å². The van der Waals surface area contributed by atoms with Crippen LogP contribution in [-0.4, -0.2) is 30.4 Å². The summed E-state index contributed by atoms with van der Waals surface area (Å²) in [4.78, 5) is 13.5. The monoisotopic (exact) mass is 250 g/mol. The first-order valence-electron chi connectivity index (χ1n) is 7.04. The highest BCUT2D eigenvalue weighted by Gasteiger charge is 2.22. The number of nitrogens with zero attached hydrogens (tertiary/aromatic N) is 1. The van der Waals surface area contributed by atoms with E-state index in [9.17, 15) is 4.79 Å². The lowest BCUT2D eigenvalue weighted by Gasteiger charge is -2.30. The third-order valence-corrected chi connectivity index (χ3v) is 3.43. The fourth-order valence-electron chi connectivity index (χ4n) is 2.35. The van der Waals surface area contributed by atoms with Crippen LogP contribution in [0.3, 0.4) is 0 Å². The average molecular weight is 250 g/mol. The minimum absolute atomic E-state index is 0.0889. The van der Waals surface area contributed by atoms with Crippen molar-refractivity contribution in [2.45, 2.75) is 39.5 Å². The van der Waals surface area contributed by atoms with E-state index in [-0.39, 0.29) is 11.8 Å². The highest BCUT2D eigenvalue weighted by Crippen LogP contribution is 2.18. The standard InChI is InChI=1S/C15H26N2O/c1-3-5-7-13(6-4-2)12-17-10-8-14(9-11-17)15(16)18/h5-7,14H,3-4,8-12H2,1-2H3,(H2,16,18)/b7-5-,13-6+. The van der Waals surface area contributed by atoms with Crippen molar-refractivity contribution in [3.8, 4) is 0 Å². The molecule has 0 aromatic carbocycles. The number of amides is 1. The number of likely N-dealkylation sites (tertiary alicyclic amines) is 1. The summed E-state index contributed by atoms with van der Waals surface area (Å²) in [5, 5.41) is 0. The molecule has 102 valence electrons. The van der Waals surface area contributed by atoms with Crippen LogP contribution in [0.1, 0.15) is 39.5 Å². The maximum atomic E-state index is 11.1. The molecule has 0 aromatic heterocycles. The summed E-state index contributed by atoms with van der Waals surface area (Å²) in [7, 11) is 0. The lowest BCUT2D eigenvalue weighted by molar-refractivity contribution is -0.123. The number of hydrogen-bond donors (Lipinski definition) is 1. The van der Waals surface area contributed by atoms with Crippen molar-refractivity contribution in [1.29, 1.82) is 0 Å².